The molecule has 2 rings (SSSR count). The molecule has 1 aliphatic rings. The lowest BCUT2D eigenvalue weighted by atomic mass is 10.2. The Morgan fingerprint density at radius 1 is 1.17 bits per heavy atom. The summed E-state index contributed by atoms with van der Waals surface area (Å²) in [5.41, 5.74) is 0.391. The lowest BCUT2D eigenvalue weighted by Crippen LogP contribution is -2.37. The number of rotatable bonds is 5. The number of amides is 1. The van der Waals surface area contributed by atoms with E-state index in [1.54, 1.807) is 11.8 Å². The van der Waals surface area contributed by atoms with Gasteiger partial charge in [-0.15, -0.1) is 0 Å². The Bertz CT molecular complexity index is 602. The van der Waals surface area contributed by atoms with Crippen LogP contribution >= 0.6 is 0 Å². The molecule has 0 unspecified atom stereocenters. The molecule has 1 aromatic carbocycles. The van der Waals surface area contributed by atoms with Crippen molar-refractivity contribution in [2.45, 2.75) is 13.3 Å². The number of hydrogen-bond acceptors (Lipinski definition) is 6. The van der Waals surface area contributed by atoms with Crippen LogP contribution in [0.4, 0.5) is 5.69 Å². The summed E-state index contributed by atoms with van der Waals surface area (Å²) in [6.07, 6.45) is 0.762. The Kier molecular flexibility index (Phi) is 6.25. The first-order chi connectivity index (χ1) is 11.5. The monoisotopic (exact) mass is 335 g/mol. The summed E-state index contributed by atoms with van der Waals surface area (Å²) in [7, 11) is 0. The van der Waals surface area contributed by atoms with Gasteiger partial charge in [0.25, 0.3) is 11.6 Å². The molecule has 0 N–H and O–H groups in total. The van der Waals surface area contributed by atoms with Crippen molar-refractivity contribution in [3.8, 4) is 0 Å². The van der Waals surface area contributed by atoms with Crippen LogP contribution < -0.4 is 0 Å². The standard InChI is InChI=1S/C16H21N3O5/c1-2-24-15(20)12-17-8-3-9-18(11-10-17)16(21)13-4-6-14(7-5-13)19(22)23/h4-7H,2-3,8-12H2,1H3. The van der Waals surface area contributed by atoms with Crippen LogP contribution in [-0.2, 0) is 9.53 Å². The minimum atomic E-state index is -0.493. The molecule has 130 valence electrons. The Morgan fingerprint density at radius 2 is 1.88 bits per heavy atom. The van der Waals surface area contributed by atoms with Crippen molar-refractivity contribution in [1.29, 1.82) is 0 Å². The van der Waals surface area contributed by atoms with Gasteiger partial charge in [0.1, 0.15) is 0 Å². The molecular formula is C16H21N3O5. The van der Waals surface area contributed by atoms with Crippen LogP contribution in [-0.4, -0.2) is 65.9 Å². The normalized spacial score (nSPS) is 15.6. The Labute approximate surface area is 140 Å². The maximum Gasteiger partial charge on any atom is 0.320 e. The summed E-state index contributed by atoms with van der Waals surface area (Å²) in [6, 6.07) is 5.61. The second-order valence-corrected chi connectivity index (χ2v) is 5.53. The molecule has 1 amide bonds. The van der Waals surface area contributed by atoms with Crippen molar-refractivity contribution in [1.82, 2.24) is 9.80 Å². The maximum absolute atomic E-state index is 12.5. The van der Waals surface area contributed by atoms with E-state index < -0.39 is 4.92 Å². The molecule has 0 saturated carbocycles. The third kappa shape index (κ3) is 4.76. The number of nitro groups is 1. The molecule has 1 saturated heterocycles. The molecule has 1 heterocycles. The van der Waals surface area contributed by atoms with Crippen LogP contribution in [0.3, 0.4) is 0 Å². The third-order valence-corrected chi connectivity index (χ3v) is 3.86. The number of non-ortho nitro benzene ring substituents is 1. The van der Waals surface area contributed by atoms with E-state index in [0.717, 1.165) is 13.0 Å². The highest BCUT2D eigenvalue weighted by molar-refractivity contribution is 5.94. The van der Waals surface area contributed by atoms with Crippen LogP contribution in [0.1, 0.15) is 23.7 Å². The van der Waals surface area contributed by atoms with Crippen LogP contribution in [0.2, 0.25) is 0 Å². The number of hydrogen-bond donors (Lipinski definition) is 0. The Balaban J connectivity index is 1.94. The molecule has 8 heteroatoms. The molecule has 1 aromatic rings. The second-order valence-electron chi connectivity index (χ2n) is 5.53. The van der Waals surface area contributed by atoms with E-state index in [2.05, 4.69) is 0 Å². The average Bonchev–Trinajstić information content (AvgIpc) is 2.80. The van der Waals surface area contributed by atoms with E-state index in [1.807, 2.05) is 4.90 Å². The molecule has 0 spiro atoms. The van der Waals surface area contributed by atoms with Gasteiger partial charge in [-0.3, -0.25) is 24.6 Å². The van der Waals surface area contributed by atoms with Crippen molar-refractivity contribution in [3.05, 3.63) is 39.9 Å². The second kappa shape index (κ2) is 8.39. The molecule has 24 heavy (non-hydrogen) atoms. The first-order valence-electron chi connectivity index (χ1n) is 7.93. The lowest BCUT2D eigenvalue weighted by Gasteiger charge is -2.21. The van der Waals surface area contributed by atoms with Gasteiger partial charge in [0.2, 0.25) is 0 Å². The SMILES string of the molecule is CCOC(=O)CN1CCCN(C(=O)c2ccc([N+](=O)[O-])cc2)CC1. The van der Waals surface area contributed by atoms with Crippen molar-refractivity contribution >= 4 is 17.6 Å². The molecule has 1 aliphatic heterocycles. The molecular weight excluding hydrogens is 314 g/mol. The molecule has 8 nitrogen and oxygen atoms in total. The van der Waals surface area contributed by atoms with Crippen LogP contribution in [0, 0.1) is 10.1 Å². The maximum atomic E-state index is 12.5. The molecule has 0 bridgehead atoms. The summed E-state index contributed by atoms with van der Waals surface area (Å²) in [5, 5.41) is 10.7. The number of esters is 1. The molecule has 1 fully saturated rings. The fourth-order valence-corrected chi connectivity index (χ4v) is 2.63. The number of carbonyl (C=O) groups is 2. The van der Waals surface area contributed by atoms with Gasteiger partial charge < -0.3 is 9.64 Å². The van der Waals surface area contributed by atoms with Crippen molar-refractivity contribution in [2.75, 3.05) is 39.3 Å². The topological polar surface area (TPSA) is 93.0 Å². The average molecular weight is 335 g/mol. The minimum absolute atomic E-state index is 0.0389. The first-order valence-corrected chi connectivity index (χ1v) is 7.93. The molecule has 0 radical (unpaired) electrons. The Hall–Kier alpha value is -2.48. The Morgan fingerprint density at radius 3 is 2.50 bits per heavy atom. The largest absolute Gasteiger partial charge is 0.465 e. The van der Waals surface area contributed by atoms with E-state index in [9.17, 15) is 19.7 Å². The summed E-state index contributed by atoms with van der Waals surface area (Å²) in [5.74, 6) is -0.407. The fraction of sp³-hybridized carbons (Fsp3) is 0.500. The quantitative estimate of drug-likeness (QED) is 0.457. The van der Waals surface area contributed by atoms with Crippen LogP contribution in [0.5, 0.6) is 0 Å². The third-order valence-electron chi connectivity index (χ3n) is 3.86. The zero-order chi connectivity index (χ0) is 17.5. The van der Waals surface area contributed by atoms with Gasteiger partial charge in [-0.25, -0.2) is 0 Å². The van der Waals surface area contributed by atoms with E-state index in [-0.39, 0.29) is 24.1 Å². The summed E-state index contributed by atoms with van der Waals surface area (Å²) in [4.78, 5) is 37.9. The van der Waals surface area contributed by atoms with Crippen LogP contribution in [0.15, 0.2) is 24.3 Å². The zero-order valence-corrected chi connectivity index (χ0v) is 13.6. The predicted octanol–water partition coefficient (Wildman–Crippen LogP) is 1.31. The highest BCUT2D eigenvalue weighted by Gasteiger charge is 2.22. The minimum Gasteiger partial charge on any atom is -0.465 e. The number of nitrogens with zero attached hydrogens (tertiary/aromatic N) is 3. The van der Waals surface area contributed by atoms with Crippen LogP contribution in [0.25, 0.3) is 0 Å². The number of carbonyl (C=O) groups excluding carboxylic acids is 2. The van der Waals surface area contributed by atoms with Gasteiger partial charge in [0.15, 0.2) is 0 Å². The number of nitro benzene ring substituents is 1. The van der Waals surface area contributed by atoms with E-state index in [0.29, 0.717) is 31.8 Å². The van der Waals surface area contributed by atoms with Crippen molar-refractivity contribution in [2.24, 2.45) is 0 Å². The highest BCUT2D eigenvalue weighted by Crippen LogP contribution is 2.14. The fourth-order valence-electron chi connectivity index (χ4n) is 2.63. The van der Waals surface area contributed by atoms with E-state index in [4.69, 9.17) is 4.74 Å². The summed E-state index contributed by atoms with van der Waals surface area (Å²) < 4.78 is 4.94. The molecule has 0 atom stereocenters. The summed E-state index contributed by atoms with van der Waals surface area (Å²) in [6.45, 7) is 4.78. The molecule has 0 aromatic heterocycles. The van der Waals surface area contributed by atoms with Gasteiger partial charge >= 0.3 is 5.97 Å². The summed E-state index contributed by atoms with van der Waals surface area (Å²) >= 11 is 0. The molecule has 0 aliphatic carbocycles. The zero-order valence-electron chi connectivity index (χ0n) is 13.6. The van der Waals surface area contributed by atoms with E-state index in [1.165, 1.54) is 24.3 Å². The van der Waals surface area contributed by atoms with Crippen molar-refractivity contribution in [3.63, 3.8) is 0 Å². The smallest absolute Gasteiger partial charge is 0.320 e. The highest BCUT2D eigenvalue weighted by atomic mass is 16.6. The van der Waals surface area contributed by atoms with Gasteiger partial charge in [-0.1, -0.05) is 0 Å². The van der Waals surface area contributed by atoms with Crippen molar-refractivity contribution < 1.29 is 19.2 Å². The first kappa shape index (κ1) is 17.9. The number of benzene rings is 1. The van der Waals surface area contributed by atoms with Gasteiger partial charge in [0, 0.05) is 43.9 Å². The lowest BCUT2D eigenvalue weighted by molar-refractivity contribution is -0.384. The number of ether oxygens (including phenoxy) is 1. The van der Waals surface area contributed by atoms with Gasteiger partial charge in [-0.05, 0) is 25.5 Å². The van der Waals surface area contributed by atoms with E-state index >= 15 is 0 Å². The van der Waals surface area contributed by atoms with Gasteiger partial charge in [-0.2, -0.15) is 0 Å². The van der Waals surface area contributed by atoms with Gasteiger partial charge in [0.05, 0.1) is 18.1 Å². The predicted molar refractivity (Wildman–Crippen MR) is 86.7 cm³/mol.